The average molecular weight is 515 g/mol. The Bertz CT molecular complexity index is 873. The van der Waals surface area contributed by atoms with Gasteiger partial charge in [-0.2, -0.15) is 0 Å². The Labute approximate surface area is 219 Å². The van der Waals surface area contributed by atoms with Gasteiger partial charge in [0.05, 0.1) is 65.0 Å². The summed E-state index contributed by atoms with van der Waals surface area (Å²) >= 11 is 0. The van der Waals surface area contributed by atoms with E-state index in [9.17, 15) is 9.59 Å². The molecule has 2 aromatic carbocycles. The van der Waals surface area contributed by atoms with Crippen LogP contribution in [0.2, 0.25) is 0 Å². The number of esters is 2. The molecular formula is C28H38N2O7. The Hall–Kier alpha value is -2.82. The van der Waals surface area contributed by atoms with Crippen molar-refractivity contribution in [1.29, 1.82) is 0 Å². The van der Waals surface area contributed by atoms with Crippen LogP contribution in [0.4, 0.5) is 0 Å². The lowest BCUT2D eigenvalue weighted by molar-refractivity contribution is 0.0311. The van der Waals surface area contributed by atoms with E-state index in [2.05, 4.69) is 9.80 Å². The van der Waals surface area contributed by atoms with Crippen LogP contribution < -0.4 is 0 Å². The van der Waals surface area contributed by atoms with Gasteiger partial charge in [0.25, 0.3) is 0 Å². The lowest BCUT2D eigenvalue weighted by Crippen LogP contribution is -2.32. The van der Waals surface area contributed by atoms with Crippen molar-refractivity contribution in [1.82, 2.24) is 9.80 Å². The molecule has 1 saturated heterocycles. The molecule has 0 spiro atoms. The molecule has 9 heteroatoms. The summed E-state index contributed by atoms with van der Waals surface area (Å²) in [6.45, 7) is 8.09. The topological polar surface area (TPSA) is 86.8 Å². The van der Waals surface area contributed by atoms with Crippen molar-refractivity contribution < 1.29 is 33.3 Å². The Morgan fingerprint density at radius 1 is 0.595 bits per heavy atom. The minimum absolute atomic E-state index is 0.336. The zero-order valence-electron chi connectivity index (χ0n) is 21.9. The Morgan fingerprint density at radius 2 is 0.919 bits per heavy atom. The molecule has 1 fully saturated rings. The third-order valence-corrected chi connectivity index (χ3v) is 6.14. The van der Waals surface area contributed by atoms with E-state index in [1.54, 1.807) is 24.3 Å². The molecule has 0 aromatic heterocycles. The summed E-state index contributed by atoms with van der Waals surface area (Å²) in [6.07, 6.45) is 0. The normalized spacial score (nSPS) is 17.4. The highest BCUT2D eigenvalue weighted by Crippen LogP contribution is 2.11. The summed E-state index contributed by atoms with van der Waals surface area (Å²) in [4.78, 5) is 27.9. The molecule has 0 N–H and O–H groups in total. The number of rotatable bonds is 6. The fourth-order valence-electron chi connectivity index (χ4n) is 3.98. The van der Waals surface area contributed by atoms with Gasteiger partial charge in [-0.3, -0.25) is 9.80 Å². The second kappa shape index (κ2) is 16.1. The molecule has 0 aliphatic carbocycles. The van der Waals surface area contributed by atoms with Crippen molar-refractivity contribution in [2.75, 3.05) is 80.0 Å². The highest BCUT2D eigenvalue weighted by molar-refractivity contribution is 5.89. The van der Waals surface area contributed by atoms with Gasteiger partial charge in [-0.25, -0.2) is 9.59 Å². The van der Waals surface area contributed by atoms with Crippen LogP contribution in [0.5, 0.6) is 0 Å². The molecule has 1 aliphatic rings. The molecule has 0 radical (unpaired) electrons. The lowest BCUT2D eigenvalue weighted by Gasteiger charge is -2.24. The number of carbonyl (C=O) groups is 2. The van der Waals surface area contributed by atoms with Crippen molar-refractivity contribution in [3.63, 3.8) is 0 Å². The van der Waals surface area contributed by atoms with Crippen LogP contribution >= 0.6 is 0 Å². The maximum atomic E-state index is 11.7. The van der Waals surface area contributed by atoms with E-state index in [1.165, 1.54) is 14.2 Å². The number of methoxy groups -OCH3 is 2. The highest BCUT2D eigenvalue weighted by atomic mass is 16.5. The molecule has 2 aromatic rings. The van der Waals surface area contributed by atoms with E-state index >= 15 is 0 Å². The van der Waals surface area contributed by atoms with Gasteiger partial charge < -0.3 is 23.7 Å². The van der Waals surface area contributed by atoms with Gasteiger partial charge in [-0.05, 0) is 35.4 Å². The van der Waals surface area contributed by atoms with Crippen LogP contribution in [-0.2, 0) is 36.8 Å². The number of hydrogen-bond donors (Lipinski definition) is 0. The average Bonchev–Trinajstić information content (AvgIpc) is 2.94. The van der Waals surface area contributed by atoms with Crippen LogP contribution in [0.1, 0.15) is 31.8 Å². The molecule has 9 nitrogen and oxygen atoms in total. The van der Waals surface area contributed by atoms with E-state index in [1.807, 2.05) is 24.3 Å². The first kappa shape index (κ1) is 28.7. The van der Waals surface area contributed by atoms with E-state index in [0.29, 0.717) is 50.8 Å². The number of carbonyl (C=O) groups excluding carboxylic acids is 2. The summed E-state index contributed by atoms with van der Waals surface area (Å²) in [5.74, 6) is -0.672. The first-order chi connectivity index (χ1) is 18.1. The predicted octanol–water partition coefficient (Wildman–Crippen LogP) is 2.63. The van der Waals surface area contributed by atoms with Gasteiger partial charge in [0.2, 0.25) is 0 Å². The summed E-state index contributed by atoms with van der Waals surface area (Å²) in [5.41, 5.74) is 3.30. The summed E-state index contributed by atoms with van der Waals surface area (Å²) in [6, 6.07) is 15.0. The minimum Gasteiger partial charge on any atom is -0.465 e. The van der Waals surface area contributed by atoms with Gasteiger partial charge in [-0.1, -0.05) is 24.3 Å². The van der Waals surface area contributed by atoms with Crippen LogP contribution in [0.25, 0.3) is 0 Å². The highest BCUT2D eigenvalue weighted by Gasteiger charge is 2.12. The maximum absolute atomic E-state index is 11.7. The first-order valence-electron chi connectivity index (χ1n) is 12.6. The van der Waals surface area contributed by atoms with Crippen LogP contribution in [-0.4, -0.2) is 102 Å². The summed E-state index contributed by atoms with van der Waals surface area (Å²) < 4.78 is 27.1. The lowest BCUT2D eigenvalue weighted by atomic mass is 10.1. The standard InChI is InChI=1S/C28H38N2O7/c1-33-27(31)25-7-3-23(4-8-25)21-29-11-15-35-16-12-30(14-18-37-20-19-36-17-13-29)22-24-5-9-26(10-6-24)28(32)34-2/h3-10H,11-22H2,1-2H3. The number of hydrogen-bond acceptors (Lipinski definition) is 9. The van der Waals surface area contributed by atoms with Gasteiger partial charge in [0, 0.05) is 39.3 Å². The molecule has 0 bridgehead atoms. The second-order valence-corrected chi connectivity index (χ2v) is 8.77. The Morgan fingerprint density at radius 3 is 1.24 bits per heavy atom. The Balaban J connectivity index is 1.52. The molecule has 1 heterocycles. The minimum atomic E-state index is -0.336. The van der Waals surface area contributed by atoms with E-state index in [4.69, 9.17) is 23.7 Å². The number of benzene rings is 2. The van der Waals surface area contributed by atoms with Crippen molar-refractivity contribution in [3.8, 4) is 0 Å². The molecule has 202 valence electrons. The maximum Gasteiger partial charge on any atom is 0.337 e. The SMILES string of the molecule is COC(=O)c1ccc(CN2CCOCCOCCN(Cc3ccc(C(=O)OC)cc3)CCOCC2)cc1. The van der Waals surface area contributed by atoms with Crippen LogP contribution in [0.15, 0.2) is 48.5 Å². The van der Waals surface area contributed by atoms with E-state index in [-0.39, 0.29) is 11.9 Å². The first-order valence-corrected chi connectivity index (χ1v) is 12.6. The summed E-state index contributed by atoms with van der Waals surface area (Å²) in [5, 5.41) is 0. The molecular weight excluding hydrogens is 476 g/mol. The fraction of sp³-hybridized carbons (Fsp3) is 0.500. The second-order valence-electron chi connectivity index (χ2n) is 8.77. The van der Waals surface area contributed by atoms with Crippen molar-refractivity contribution in [2.24, 2.45) is 0 Å². The van der Waals surface area contributed by atoms with Crippen molar-refractivity contribution in [3.05, 3.63) is 70.8 Å². The van der Waals surface area contributed by atoms with Gasteiger partial charge in [-0.15, -0.1) is 0 Å². The van der Waals surface area contributed by atoms with Crippen molar-refractivity contribution in [2.45, 2.75) is 13.1 Å². The van der Waals surface area contributed by atoms with Crippen LogP contribution in [0, 0.1) is 0 Å². The fourth-order valence-corrected chi connectivity index (χ4v) is 3.98. The monoisotopic (exact) mass is 514 g/mol. The number of nitrogens with zero attached hydrogens (tertiary/aromatic N) is 2. The zero-order chi connectivity index (χ0) is 26.3. The quantitative estimate of drug-likeness (QED) is 0.540. The Kier molecular flexibility index (Phi) is 12.5. The van der Waals surface area contributed by atoms with E-state index in [0.717, 1.165) is 50.4 Å². The van der Waals surface area contributed by atoms with Crippen molar-refractivity contribution >= 4 is 11.9 Å². The molecule has 0 saturated carbocycles. The van der Waals surface area contributed by atoms with Gasteiger partial charge in [0.15, 0.2) is 0 Å². The molecule has 3 rings (SSSR count). The molecule has 0 amide bonds. The summed E-state index contributed by atoms with van der Waals surface area (Å²) in [7, 11) is 2.76. The van der Waals surface area contributed by atoms with E-state index < -0.39 is 0 Å². The van der Waals surface area contributed by atoms with Crippen LogP contribution in [0.3, 0.4) is 0 Å². The molecule has 0 atom stereocenters. The molecule has 1 aliphatic heterocycles. The smallest absolute Gasteiger partial charge is 0.337 e. The number of ether oxygens (including phenoxy) is 5. The van der Waals surface area contributed by atoms with Gasteiger partial charge in [0.1, 0.15) is 0 Å². The largest absolute Gasteiger partial charge is 0.465 e. The van der Waals surface area contributed by atoms with Gasteiger partial charge >= 0.3 is 11.9 Å². The third kappa shape index (κ3) is 10.2. The predicted molar refractivity (Wildman–Crippen MR) is 139 cm³/mol. The zero-order valence-corrected chi connectivity index (χ0v) is 21.9. The molecule has 0 unspecified atom stereocenters. The third-order valence-electron chi connectivity index (χ3n) is 6.14. The molecule has 37 heavy (non-hydrogen) atoms.